The molecular formula is C11H18N2O4S. The summed E-state index contributed by atoms with van der Waals surface area (Å²) >= 11 is 0. The Hall–Kier alpha value is -1.15. The maximum Gasteiger partial charge on any atom is 0.238 e. The molecule has 1 atom stereocenters. The molecule has 0 fully saturated rings. The van der Waals surface area contributed by atoms with Gasteiger partial charge in [-0.15, -0.1) is 0 Å². The number of anilines is 1. The summed E-state index contributed by atoms with van der Waals surface area (Å²) in [5, 5.41) is 17.5. The summed E-state index contributed by atoms with van der Waals surface area (Å²) in [7, 11) is -2.11. The number of aliphatic hydroxyl groups excluding tert-OH is 1. The number of nitrogens with one attached hydrogen (secondary N) is 1. The molecule has 6 nitrogen and oxygen atoms in total. The lowest BCUT2D eigenvalue weighted by atomic mass is 10.2. The van der Waals surface area contributed by atoms with Crippen molar-refractivity contribution in [1.29, 1.82) is 0 Å². The van der Waals surface area contributed by atoms with Crippen molar-refractivity contribution < 1.29 is 18.3 Å². The zero-order valence-electron chi connectivity index (χ0n) is 10.2. The van der Waals surface area contributed by atoms with Crippen LogP contribution in [-0.4, -0.2) is 39.9 Å². The molecule has 0 saturated carbocycles. The molecule has 0 saturated heterocycles. The molecule has 0 aliphatic rings. The SMILES string of the molecule is COCC(O)CCNc1ccc(S(N)(=O)=O)cc1. The molecular weight excluding hydrogens is 256 g/mol. The van der Waals surface area contributed by atoms with Gasteiger partial charge in [0.15, 0.2) is 0 Å². The average molecular weight is 274 g/mol. The molecule has 18 heavy (non-hydrogen) atoms. The minimum Gasteiger partial charge on any atom is -0.391 e. The zero-order valence-corrected chi connectivity index (χ0v) is 11.0. The highest BCUT2D eigenvalue weighted by molar-refractivity contribution is 7.89. The van der Waals surface area contributed by atoms with Crippen molar-refractivity contribution in [2.45, 2.75) is 17.4 Å². The molecule has 0 heterocycles. The lowest BCUT2D eigenvalue weighted by Gasteiger charge is -2.11. The van der Waals surface area contributed by atoms with Crippen LogP contribution in [0.1, 0.15) is 6.42 Å². The number of methoxy groups -OCH3 is 1. The Kier molecular flexibility index (Phi) is 5.54. The number of rotatable bonds is 7. The molecule has 1 aromatic rings. The quantitative estimate of drug-likeness (QED) is 0.656. The Morgan fingerprint density at radius 1 is 1.39 bits per heavy atom. The molecule has 7 heteroatoms. The number of hydrogen-bond acceptors (Lipinski definition) is 5. The fourth-order valence-electron chi connectivity index (χ4n) is 1.42. The molecule has 1 aromatic carbocycles. The first-order valence-corrected chi connectivity index (χ1v) is 7.02. The molecule has 0 amide bonds. The summed E-state index contributed by atoms with van der Waals surface area (Å²) in [6.45, 7) is 0.866. The van der Waals surface area contributed by atoms with Gasteiger partial charge in [0.25, 0.3) is 0 Å². The van der Waals surface area contributed by atoms with Crippen LogP contribution in [0.4, 0.5) is 5.69 Å². The summed E-state index contributed by atoms with van der Waals surface area (Å²) in [5.41, 5.74) is 0.770. The lowest BCUT2D eigenvalue weighted by molar-refractivity contribution is 0.0615. The van der Waals surface area contributed by atoms with Crippen molar-refractivity contribution in [2.75, 3.05) is 25.6 Å². The van der Waals surface area contributed by atoms with E-state index in [2.05, 4.69) is 5.32 Å². The topological polar surface area (TPSA) is 102 Å². The maximum absolute atomic E-state index is 11.0. The second-order valence-electron chi connectivity index (χ2n) is 3.89. The minimum atomic E-state index is -3.65. The van der Waals surface area contributed by atoms with Gasteiger partial charge in [-0.3, -0.25) is 0 Å². The molecule has 0 aliphatic carbocycles. The molecule has 102 valence electrons. The average Bonchev–Trinajstić information content (AvgIpc) is 2.29. The monoisotopic (exact) mass is 274 g/mol. The van der Waals surface area contributed by atoms with Crippen LogP contribution in [-0.2, 0) is 14.8 Å². The van der Waals surface area contributed by atoms with E-state index in [-0.39, 0.29) is 4.90 Å². The Morgan fingerprint density at radius 3 is 2.50 bits per heavy atom. The molecule has 0 spiro atoms. The molecule has 0 bridgehead atoms. The maximum atomic E-state index is 11.0. The smallest absolute Gasteiger partial charge is 0.238 e. The number of ether oxygens (including phenoxy) is 1. The van der Waals surface area contributed by atoms with E-state index in [1.54, 1.807) is 12.1 Å². The first-order chi connectivity index (χ1) is 8.43. The van der Waals surface area contributed by atoms with E-state index in [1.165, 1.54) is 19.2 Å². The fraction of sp³-hybridized carbons (Fsp3) is 0.455. The van der Waals surface area contributed by atoms with E-state index in [0.29, 0.717) is 19.6 Å². The standard InChI is InChI=1S/C11H18N2O4S/c1-17-8-10(14)6-7-13-9-2-4-11(5-3-9)18(12,15)16/h2-5,10,13-14H,6-8H2,1H3,(H2,12,15,16). The highest BCUT2D eigenvalue weighted by Crippen LogP contribution is 2.12. The predicted octanol–water partition coefficient (Wildman–Crippen LogP) is 0.143. The van der Waals surface area contributed by atoms with E-state index in [1.807, 2.05) is 0 Å². The summed E-state index contributed by atoms with van der Waals surface area (Å²) < 4.78 is 26.9. The number of sulfonamides is 1. The summed E-state index contributed by atoms with van der Waals surface area (Å²) in [6, 6.07) is 6.12. The van der Waals surface area contributed by atoms with Crippen LogP contribution in [0.15, 0.2) is 29.2 Å². The van der Waals surface area contributed by atoms with Crippen molar-refractivity contribution in [3.05, 3.63) is 24.3 Å². The summed E-state index contributed by atoms with van der Waals surface area (Å²) in [5.74, 6) is 0. The van der Waals surface area contributed by atoms with Crippen molar-refractivity contribution in [3.63, 3.8) is 0 Å². The summed E-state index contributed by atoms with van der Waals surface area (Å²) in [4.78, 5) is 0.0764. The Labute approximate surface area is 107 Å². The number of benzene rings is 1. The Morgan fingerprint density at radius 2 is 2.00 bits per heavy atom. The van der Waals surface area contributed by atoms with Crippen LogP contribution >= 0.6 is 0 Å². The van der Waals surface area contributed by atoms with Crippen molar-refractivity contribution in [2.24, 2.45) is 5.14 Å². The first kappa shape index (κ1) is 14.9. The molecule has 1 unspecified atom stereocenters. The predicted molar refractivity (Wildman–Crippen MR) is 68.8 cm³/mol. The highest BCUT2D eigenvalue weighted by atomic mass is 32.2. The van der Waals surface area contributed by atoms with E-state index < -0.39 is 16.1 Å². The Balaban J connectivity index is 2.45. The normalized spacial score (nSPS) is 13.3. The largest absolute Gasteiger partial charge is 0.391 e. The lowest BCUT2D eigenvalue weighted by Crippen LogP contribution is -2.18. The highest BCUT2D eigenvalue weighted by Gasteiger charge is 2.07. The third-order valence-electron chi connectivity index (χ3n) is 2.35. The van der Waals surface area contributed by atoms with Gasteiger partial charge in [0, 0.05) is 19.3 Å². The van der Waals surface area contributed by atoms with Crippen LogP contribution in [0.5, 0.6) is 0 Å². The third kappa shape index (κ3) is 5.01. The first-order valence-electron chi connectivity index (χ1n) is 5.47. The van der Waals surface area contributed by atoms with Gasteiger partial charge in [-0.1, -0.05) is 0 Å². The van der Waals surface area contributed by atoms with Crippen molar-refractivity contribution in [3.8, 4) is 0 Å². The fourth-order valence-corrected chi connectivity index (χ4v) is 1.94. The summed E-state index contributed by atoms with van der Waals surface area (Å²) in [6.07, 6.45) is 0.0383. The van der Waals surface area contributed by atoms with E-state index >= 15 is 0 Å². The molecule has 0 radical (unpaired) electrons. The van der Waals surface area contributed by atoms with Crippen LogP contribution in [0.3, 0.4) is 0 Å². The number of hydrogen-bond donors (Lipinski definition) is 3. The van der Waals surface area contributed by atoms with E-state index in [4.69, 9.17) is 9.88 Å². The van der Waals surface area contributed by atoms with E-state index in [0.717, 1.165) is 5.69 Å². The number of nitrogens with two attached hydrogens (primary N) is 1. The van der Waals surface area contributed by atoms with Crippen molar-refractivity contribution in [1.82, 2.24) is 0 Å². The van der Waals surface area contributed by atoms with Gasteiger partial charge in [0.1, 0.15) is 0 Å². The zero-order chi connectivity index (χ0) is 13.6. The third-order valence-corrected chi connectivity index (χ3v) is 3.28. The molecule has 4 N–H and O–H groups in total. The van der Waals surface area contributed by atoms with Gasteiger partial charge in [-0.05, 0) is 30.7 Å². The second-order valence-corrected chi connectivity index (χ2v) is 5.46. The van der Waals surface area contributed by atoms with Crippen LogP contribution in [0.2, 0.25) is 0 Å². The molecule has 0 aliphatic heterocycles. The van der Waals surface area contributed by atoms with E-state index in [9.17, 15) is 13.5 Å². The van der Waals surface area contributed by atoms with Gasteiger partial charge >= 0.3 is 0 Å². The van der Waals surface area contributed by atoms with Gasteiger partial charge in [0.2, 0.25) is 10.0 Å². The van der Waals surface area contributed by atoms with Crippen LogP contribution in [0, 0.1) is 0 Å². The van der Waals surface area contributed by atoms with Crippen LogP contribution < -0.4 is 10.5 Å². The van der Waals surface area contributed by atoms with Gasteiger partial charge in [0.05, 0.1) is 17.6 Å². The van der Waals surface area contributed by atoms with Gasteiger partial charge in [-0.25, -0.2) is 13.6 Å². The molecule has 0 aromatic heterocycles. The van der Waals surface area contributed by atoms with Gasteiger partial charge < -0.3 is 15.2 Å². The molecule has 1 rings (SSSR count). The Bertz CT molecular complexity index is 458. The van der Waals surface area contributed by atoms with Gasteiger partial charge in [-0.2, -0.15) is 0 Å². The minimum absolute atomic E-state index is 0.0764. The second kappa shape index (κ2) is 6.69. The van der Waals surface area contributed by atoms with Crippen LogP contribution in [0.25, 0.3) is 0 Å². The van der Waals surface area contributed by atoms with Crippen molar-refractivity contribution >= 4 is 15.7 Å². The number of primary sulfonamides is 1. The number of aliphatic hydroxyl groups is 1.